The van der Waals surface area contributed by atoms with E-state index < -0.39 is 0 Å². The quantitative estimate of drug-likeness (QED) is 0.820. The van der Waals surface area contributed by atoms with Gasteiger partial charge in [-0.15, -0.1) is 0 Å². The van der Waals surface area contributed by atoms with Crippen molar-refractivity contribution in [1.29, 1.82) is 0 Å². The van der Waals surface area contributed by atoms with Crippen molar-refractivity contribution in [3.05, 3.63) is 35.6 Å². The fourth-order valence-electron chi connectivity index (χ4n) is 3.09. The first-order valence-corrected chi connectivity index (χ1v) is 8.47. The maximum absolute atomic E-state index is 13.2. The van der Waals surface area contributed by atoms with Crippen LogP contribution in [0.3, 0.4) is 0 Å². The molecule has 1 saturated heterocycles. The first-order valence-electron chi connectivity index (χ1n) is 8.47. The van der Waals surface area contributed by atoms with Gasteiger partial charge in [-0.25, -0.2) is 4.39 Å². The van der Waals surface area contributed by atoms with Crippen LogP contribution < -0.4 is 0 Å². The van der Waals surface area contributed by atoms with Crippen LogP contribution >= 0.6 is 0 Å². The lowest BCUT2D eigenvalue weighted by Gasteiger charge is -2.34. The fourth-order valence-corrected chi connectivity index (χ4v) is 3.09. The minimum Gasteiger partial charge on any atom is -0.395 e. The summed E-state index contributed by atoms with van der Waals surface area (Å²) in [5.41, 5.74) is 0.840. The summed E-state index contributed by atoms with van der Waals surface area (Å²) < 4.78 is 13.2. The van der Waals surface area contributed by atoms with Gasteiger partial charge in [0.1, 0.15) is 5.82 Å². The number of nitrogens with zero attached hydrogens (tertiary/aromatic N) is 2. The molecule has 1 atom stereocenters. The Kier molecular flexibility index (Phi) is 6.73. The molecule has 1 aromatic rings. The van der Waals surface area contributed by atoms with Gasteiger partial charge in [0.2, 0.25) is 11.8 Å². The van der Waals surface area contributed by atoms with Gasteiger partial charge in [0, 0.05) is 32.6 Å². The van der Waals surface area contributed by atoms with Crippen LogP contribution in [-0.4, -0.2) is 59.5 Å². The van der Waals surface area contributed by atoms with Crippen molar-refractivity contribution in [3.8, 4) is 0 Å². The van der Waals surface area contributed by atoms with Crippen molar-refractivity contribution >= 4 is 11.8 Å². The van der Waals surface area contributed by atoms with Crippen LogP contribution in [0.5, 0.6) is 0 Å². The van der Waals surface area contributed by atoms with Crippen molar-refractivity contribution in [2.24, 2.45) is 5.92 Å². The van der Waals surface area contributed by atoms with Crippen LogP contribution in [0.1, 0.15) is 25.3 Å². The van der Waals surface area contributed by atoms with E-state index in [2.05, 4.69) is 0 Å². The van der Waals surface area contributed by atoms with Gasteiger partial charge < -0.3 is 14.9 Å². The number of amides is 2. The summed E-state index contributed by atoms with van der Waals surface area (Å²) in [6, 6.07) is 6.35. The van der Waals surface area contributed by atoms with Gasteiger partial charge in [0.05, 0.1) is 12.5 Å². The average Bonchev–Trinajstić information content (AvgIpc) is 2.58. The van der Waals surface area contributed by atoms with Gasteiger partial charge in [0.15, 0.2) is 0 Å². The number of piperidine rings is 1. The number of carbonyl (C=O) groups is 2. The summed E-state index contributed by atoms with van der Waals surface area (Å²) in [7, 11) is 0. The summed E-state index contributed by atoms with van der Waals surface area (Å²) in [4.78, 5) is 27.9. The third-order valence-corrected chi connectivity index (χ3v) is 4.47. The summed E-state index contributed by atoms with van der Waals surface area (Å²) >= 11 is 0. The van der Waals surface area contributed by atoms with Crippen LogP contribution in [0.15, 0.2) is 24.3 Å². The molecular weight excluding hydrogens is 311 g/mol. The van der Waals surface area contributed by atoms with Crippen LogP contribution in [0.4, 0.5) is 4.39 Å². The van der Waals surface area contributed by atoms with Gasteiger partial charge in [-0.05, 0) is 37.5 Å². The second kappa shape index (κ2) is 8.78. The normalized spacial score (nSPS) is 17.9. The maximum atomic E-state index is 13.2. The molecule has 24 heavy (non-hydrogen) atoms. The molecule has 6 heteroatoms. The Morgan fingerprint density at radius 2 is 2.25 bits per heavy atom. The zero-order chi connectivity index (χ0) is 17.5. The van der Waals surface area contributed by atoms with Crippen LogP contribution in [-0.2, 0) is 16.0 Å². The summed E-state index contributed by atoms with van der Waals surface area (Å²) in [5, 5.41) is 9.05. The molecule has 1 aromatic carbocycles. The molecule has 1 aliphatic rings. The van der Waals surface area contributed by atoms with E-state index in [1.807, 2.05) is 13.0 Å². The molecule has 1 unspecified atom stereocenters. The SMILES string of the molecule is CCN(CCO)C(=O)C1CCC(=O)N(CCc2cccc(F)c2)C1. The highest BCUT2D eigenvalue weighted by Crippen LogP contribution is 2.20. The van der Waals surface area contributed by atoms with Crippen LogP contribution in [0, 0.1) is 11.7 Å². The fraction of sp³-hybridized carbons (Fsp3) is 0.556. The molecule has 0 aromatic heterocycles. The number of hydrogen-bond acceptors (Lipinski definition) is 3. The highest BCUT2D eigenvalue weighted by Gasteiger charge is 2.32. The van der Waals surface area contributed by atoms with Crippen molar-refractivity contribution < 1.29 is 19.1 Å². The molecule has 1 aliphatic heterocycles. The van der Waals surface area contributed by atoms with Gasteiger partial charge in [-0.3, -0.25) is 9.59 Å². The lowest BCUT2D eigenvalue weighted by atomic mass is 9.95. The minimum absolute atomic E-state index is 0.00481. The third kappa shape index (κ3) is 4.77. The number of rotatable bonds is 7. The number of aliphatic hydroxyl groups is 1. The van der Waals surface area contributed by atoms with Gasteiger partial charge in [-0.2, -0.15) is 0 Å². The maximum Gasteiger partial charge on any atom is 0.227 e. The smallest absolute Gasteiger partial charge is 0.227 e. The first-order chi connectivity index (χ1) is 11.5. The zero-order valence-electron chi connectivity index (χ0n) is 14.1. The monoisotopic (exact) mass is 336 g/mol. The Balaban J connectivity index is 1.95. The van der Waals surface area contributed by atoms with Crippen molar-refractivity contribution in [1.82, 2.24) is 9.80 Å². The number of hydrogen-bond donors (Lipinski definition) is 1. The molecule has 0 spiro atoms. The van der Waals surface area contributed by atoms with E-state index in [9.17, 15) is 14.0 Å². The van der Waals surface area contributed by atoms with E-state index in [0.29, 0.717) is 45.4 Å². The average molecular weight is 336 g/mol. The Hall–Kier alpha value is -1.95. The molecule has 1 fully saturated rings. The molecule has 0 radical (unpaired) electrons. The Morgan fingerprint density at radius 3 is 2.92 bits per heavy atom. The van der Waals surface area contributed by atoms with Crippen LogP contribution in [0.2, 0.25) is 0 Å². The highest BCUT2D eigenvalue weighted by atomic mass is 19.1. The molecule has 0 saturated carbocycles. The summed E-state index contributed by atoms with van der Waals surface area (Å²) in [5.74, 6) is -0.467. The molecule has 0 aliphatic carbocycles. The highest BCUT2D eigenvalue weighted by molar-refractivity contribution is 5.83. The Labute approximate surface area is 142 Å². The first kappa shape index (κ1) is 18.4. The molecule has 1 N–H and O–H groups in total. The van der Waals surface area contributed by atoms with E-state index in [0.717, 1.165) is 5.56 Å². The van der Waals surface area contributed by atoms with E-state index in [1.54, 1.807) is 15.9 Å². The van der Waals surface area contributed by atoms with Crippen molar-refractivity contribution in [2.45, 2.75) is 26.2 Å². The molecule has 1 heterocycles. The lowest BCUT2D eigenvalue weighted by Crippen LogP contribution is -2.48. The van der Waals surface area contributed by atoms with E-state index in [4.69, 9.17) is 5.11 Å². The molecule has 132 valence electrons. The van der Waals surface area contributed by atoms with Gasteiger partial charge >= 0.3 is 0 Å². The largest absolute Gasteiger partial charge is 0.395 e. The number of benzene rings is 1. The van der Waals surface area contributed by atoms with Gasteiger partial charge in [-0.1, -0.05) is 12.1 Å². The van der Waals surface area contributed by atoms with E-state index in [1.165, 1.54) is 12.1 Å². The Bertz CT molecular complexity index is 579. The van der Waals surface area contributed by atoms with Crippen molar-refractivity contribution in [3.63, 3.8) is 0 Å². The molecule has 2 rings (SSSR count). The Morgan fingerprint density at radius 1 is 1.46 bits per heavy atom. The number of likely N-dealkylation sites (tertiary alicyclic amines) is 1. The van der Waals surface area contributed by atoms with Crippen LogP contribution in [0.25, 0.3) is 0 Å². The number of likely N-dealkylation sites (N-methyl/N-ethyl adjacent to an activating group) is 1. The minimum atomic E-state index is -0.284. The predicted molar refractivity (Wildman–Crippen MR) is 88.7 cm³/mol. The van der Waals surface area contributed by atoms with E-state index >= 15 is 0 Å². The zero-order valence-corrected chi connectivity index (χ0v) is 14.1. The molecule has 2 amide bonds. The molecule has 0 bridgehead atoms. The molecule has 5 nitrogen and oxygen atoms in total. The third-order valence-electron chi connectivity index (χ3n) is 4.47. The topological polar surface area (TPSA) is 60.9 Å². The summed E-state index contributed by atoms with van der Waals surface area (Å²) in [6.45, 7) is 3.57. The van der Waals surface area contributed by atoms with E-state index in [-0.39, 0.29) is 30.2 Å². The number of aliphatic hydroxyl groups excluding tert-OH is 1. The predicted octanol–water partition coefficient (Wildman–Crippen LogP) is 1.45. The number of halogens is 1. The number of carbonyl (C=O) groups excluding carboxylic acids is 2. The standard InChI is InChI=1S/C18H25FN2O3/c1-2-20(10-11-22)18(24)15-6-7-17(23)21(13-15)9-8-14-4-3-5-16(19)12-14/h3-5,12,15,22H,2,6-11,13H2,1H3. The van der Waals surface area contributed by atoms with Crippen molar-refractivity contribution in [2.75, 3.05) is 32.8 Å². The summed E-state index contributed by atoms with van der Waals surface area (Å²) in [6.07, 6.45) is 1.48. The second-order valence-corrected chi connectivity index (χ2v) is 6.10. The lowest BCUT2D eigenvalue weighted by molar-refractivity contribution is -0.143. The van der Waals surface area contributed by atoms with Gasteiger partial charge in [0.25, 0.3) is 0 Å². The second-order valence-electron chi connectivity index (χ2n) is 6.10. The molecular formula is C18H25FN2O3.